The van der Waals surface area contributed by atoms with Crippen LogP contribution in [0.25, 0.3) is 0 Å². The zero-order valence-corrected chi connectivity index (χ0v) is 12.6. The molecule has 0 unspecified atom stereocenters. The zero-order chi connectivity index (χ0) is 15.6. The van der Waals surface area contributed by atoms with E-state index in [0.29, 0.717) is 17.8 Å². The van der Waals surface area contributed by atoms with E-state index in [4.69, 9.17) is 15.0 Å². The van der Waals surface area contributed by atoms with Crippen LogP contribution >= 0.6 is 0 Å². The van der Waals surface area contributed by atoms with Gasteiger partial charge in [0.15, 0.2) is 0 Å². The van der Waals surface area contributed by atoms with Gasteiger partial charge in [0.05, 0.1) is 18.4 Å². The molecule has 6 heteroatoms. The van der Waals surface area contributed by atoms with Crippen molar-refractivity contribution in [1.29, 1.82) is 0 Å². The number of hydrogen-bond acceptors (Lipinski definition) is 6. The van der Waals surface area contributed by atoms with Crippen molar-refractivity contribution < 1.29 is 14.1 Å². The molecule has 0 fully saturated rings. The molecule has 1 aromatic carbocycles. The maximum absolute atomic E-state index is 11.7. The maximum atomic E-state index is 11.7. The molecule has 21 heavy (non-hydrogen) atoms. The van der Waals surface area contributed by atoms with Crippen molar-refractivity contribution in [2.24, 2.45) is 0 Å². The average molecular weight is 289 g/mol. The second kappa shape index (κ2) is 5.87. The molecule has 0 aliphatic carbocycles. The quantitative estimate of drug-likeness (QED) is 0.664. The molecule has 0 aliphatic rings. The lowest BCUT2D eigenvalue weighted by molar-refractivity contribution is 0.0602. The Labute approximate surface area is 123 Å². The molecule has 2 rings (SSSR count). The number of anilines is 2. The van der Waals surface area contributed by atoms with Gasteiger partial charge in [-0.2, -0.15) is 0 Å². The lowest BCUT2D eigenvalue weighted by Crippen LogP contribution is -2.09. The minimum Gasteiger partial charge on any atom is -0.465 e. The molecule has 0 amide bonds. The van der Waals surface area contributed by atoms with Crippen molar-refractivity contribution in [3.8, 4) is 0 Å². The van der Waals surface area contributed by atoms with E-state index in [-0.39, 0.29) is 0 Å². The fourth-order valence-electron chi connectivity index (χ4n) is 2.12. The molecule has 2 aromatic rings. The summed E-state index contributed by atoms with van der Waals surface area (Å²) in [5.74, 6) is 0.331. The van der Waals surface area contributed by atoms with Gasteiger partial charge >= 0.3 is 5.97 Å². The van der Waals surface area contributed by atoms with Crippen LogP contribution in [-0.2, 0) is 11.3 Å². The standard InChI is InChI=1S/C15H19N3O3/c1-8-5-11(6-12(14(8)16)15(19)20-4)17-7-13-9(2)18-21-10(13)3/h5-6,17H,7,16H2,1-4H3. The Morgan fingerprint density at radius 1 is 1.38 bits per heavy atom. The predicted octanol–water partition coefficient (Wildman–Crippen LogP) is 2.58. The SMILES string of the molecule is COC(=O)c1cc(NCc2c(C)noc2C)cc(C)c1N. The van der Waals surface area contributed by atoms with Gasteiger partial charge in [-0.1, -0.05) is 5.16 Å². The fourth-order valence-corrected chi connectivity index (χ4v) is 2.12. The molecule has 1 heterocycles. The predicted molar refractivity (Wildman–Crippen MR) is 80.2 cm³/mol. The Balaban J connectivity index is 2.25. The van der Waals surface area contributed by atoms with Crippen LogP contribution in [0.2, 0.25) is 0 Å². The Kier molecular flexibility index (Phi) is 4.16. The number of carbonyl (C=O) groups excluding carboxylic acids is 1. The molecule has 0 saturated carbocycles. The highest BCUT2D eigenvalue weighted by Gasteiger charge is 2.14. The van der Waals surface area contributed by atoms with Gasteiger partial charge in [-0.3, -0.25) is 0 Å². The minimum absolute atomic E-state index is 0.360. The van der Waals surface area contributed by atoms with Gasteiger partial charge in [0.25, 0.3) is 0 Å². The maximum Gasteiger partial charge on any atom is 0.340 e. The number of nitrogen functional groups attached to an aromatic ring is 1. The van der Waals surface area contributed by atoms with Crippen LogP contribution in [0, 0.1) is 20.8 Å². The van der Waals surface area contributed by atoms with Crippen LogP contribution in [-0.4, -0.2) is 18.2 Å². The highest BCUT2D eigenvalue weighted by Crippen LogP contribution is 2.24. The number of esters is 1. The van der Waals surface area contributed by atoms with E-state index in [1.54, 1.807) is 6.07 Å². The smallest absolute Gasteiger partial charge is 0.340 e. The molecule has 0 atom stereocenters. The van der Waals surface area contributed by atoms with Crippen molar-refractivity contribution in [2.45, 2.75) is 27.3 Å². The summed E-state index contributed by atoms with van der Waals surface area (Å²) in [6.45, 7) is 6.17. The summed E-state index contributed by atoms with van der Waals surface area (Å²) in [6.07, 6.45) is 0. The Morgan fingerprint density at radius 3 is 2.67 bits per heavy atom. The van der Waals surface area contributed by atoms with E-state index >= 15 is 0 Å². The number of nitrogens with one attached hydrogen (secondary N) is 1. The second-order valence-electron chi connectivity index (χ2n) is 4.90. The summed E-state index contributed by atoms with van der Waals surface area (Å²) in [4.78, 5) is 11.7. The van der Waals surface area contributed by atoms with E-state index in [2.05, 4.69) is 10.5 Å². The van der Waals surface area contributed by atoms with Crippen LogP contribution < -0.4 is 11.1 Å². The molecule has 0 spiro atoms. The van der Waals surface area contributed by atoms with Crippen molar-refractivity contribution in [3.05, 3.63) is 40.3 Å². The van der Waals surface area contributed by atoms with E-state index in [0.717, 1.165) is 28.3 Å². The van der Waals surface area contributed by atoms with Gasteiger partial charge < -0.3 is 20.3 Å². The van der Waals surface area contributed by atoms with E-state index in [1.807, 2.05) is 26.8 Å². The molecule has 0 radical (unpaired) electrons. The number of benzene rings is 1. The van der Waals surface area contributed by atoms with Crippen molar-refractivity contribution in [2.75, 3.05) is 18.2 Å². The molecule has 0 saturated heterocycles. The van der Waals surface area contributed by atoms with Crippen LogP contribution in [0.1, 0.15) is 32.9 Å². The van der Waals surface area contributed by atoms with Gasteiger partial charge in [-0.15, -0.1) is 0 Å². The van der Waals surface area contributed by atoms with Gasteiger partial charge in [-0.25, -0.2) is 4.79 Å². The molecule has 3 N–H and O–H groups in total. The van der Waals surface area contributed by atoms with Crippen molar-refractivity contribution >= 4 is 17.3 Å². The lowest BCUT2D eigenvalue weighted by atomic mass is 10.1. The van der Waals surface area contributed by atoms with Crippen LogP contribution in [0.5, 0.6) is 0 Å². The molecule has 6 nitrogen and oxygen atoms in total. The van der Waals surface area contributed by atoms with Gasteiger partial charge in [0, 0.05) is 23.5 Å². The topological polar surface area (TPSA) is 90.4 Å². The Bertz CT molecular complexity index is 658. The molecular weight excluding hydrogens is 270 g/mol. The largest absolute Gasteiger partial charge is 0.465 e. The Hall–Kier alpha value is -2.50. The third kappa shape index (κ3) is 2.99. The number of rotatable bonds is 4. The van der Waals surface area contributed by atoms with E-state index < -0.39 is 5.97 Å². The first-order chi connectivity index (χ1) is 9.93. The first-order valence-corrected chi connectivity index (χ1v) is 6.58. The first kappa shape index (κ1) is 14.9. The van der Waals surface area contributed by atoms with Crippen LogP contribution in [0.4, 0.5) is 11.4 Å². The molecular formula is C15H19N3O3. The minimum atomic E-state index is -0.448. The summed E-state index contributed by atoms with van der Waals surface area (Å²) in [6, 6.07) is 3.58. The fraction of sp³-hybridized carbons (Fsp3) is 0.333. The van der Waals surface area contributed by atoms with Crippen LogP contribution in [0.3, 0.4) is 0 Å². The van der Waals surface area contributed by atoms with Gasteiger partial charge in [0.1, 0.15) is 5.76 Å². The summed E-state index contributed by atoms with van der Waals surface area (Å²) in [7, 11) is 1.33. The lowest BCUT2D eigenvalue weighted by Gasteiger charge is -2.12. The number of carbonyl (C=O) groups is 1. The molecule has 112 valence electrons. The van der Waals surface area contributed by atoms with Gasteiger partial charge in [0.2, 0.25) is 0 Å². The third-order valence-corrected chi connectivity index (χ3v) is 3.44. The summed E-state index contributed by atoms with van der Waals surface area (Å²) in [5, 5.41) is 7.16. The number of aromatic nitrogens is 1. The van der Waals surface area contributed by atoms with Crippen LogP contribution in [0.15, 0.2) is 16.7 Å². The monoisotopic (exact) mass is 289 g/mol. The highest BCUT2D eigenvalue weighted by molar-refractivity contribution is 5.97. The number of nitrogens with two attached hydrogens (primary N) is 1. The van der Waals surface area contributed by atoms with E-state index in [9.17, 15) is 4.79 Å². The number of nitrogens with zero attached hydrogens (tertiary/aromatic N) is 1. The third-order valence-electron chi connectivity index (χ3n) is 3.44. The van der Waals surface area contributed by atoms with Crippen molar-refractivity contribution in [3.63, 3.8) is 0 Å². The summed E-state index contributed by atoms with van der Waals surface area (Å²) < 4.78 is 9.87. The molecule has 0 aliphatic heterocycles. The average Bonchev–Trinajstić information content (AvgIpc) is 2.78. The van der Waals surface area contributed by atoms with Crippen molar-refractivity contribution in [1.82, 2.24) is 5.16 Å². The Morgan fingerprint density at radius 2 is 2.10 bits per heavy atom. The number of ether oxygens (including phenoxy) is 1. The second-order valence-corrected chi connectivity index (χ2v) is 4.90. The normalized spacial score (nSPS) is 10.5. The zero-order valence-electron chi connectivity index (χ0n) is 12.6. The first-order valence-electron chi connectivity index (χ1n) is 6.58. The summed E-state index contributed by atoms with van der Waals surface area (Å²) >= 11 is 0. The number of hydrogen-bond donors (Lipinski definition) is 2. The molecule has 0 bridgehead atoms. The van der Waals surface area contributed by atoms with Gasteiger partial charge in [-0.05, 0) is 38.5 Å². The highest BCUT2D eigenvalue weighted by atomic mass is 16.5. The number of aryl methyl sites for hydroxylation is 3. The molecule has 1 aromatic heterocycles. The van der Waals surface area contributed by atoms with E-state index in [1.165, 1.54) is 7.11 Å². The number of methoxy groups -OCH3 is 1. The summed E-state index contributed by atoms with van der Waals surface area (Å²) in [5.41, 5.74) is 10.2.